The second kappa shape index (κ2) is 16.4. The number of hydrogen-bond donors (Lipinski definition) is 4. The van der Waals surface area contributed by atoms with E-state index in [0.29, 0.717) is 65.4 Å². The van der Waals surface area contributed by atoms with Crippen molar-refractivity contribution in [3.05, 3.63) is 107 Å². The molecule has 1 saturated heterocycles. The Bertz CT molecular complexity index is 2460. The molecule has 0 bridgehead atoms. The van der Waals surface area contributed by atoms with Gasteiger partial charge in [-0.05, 0) is 71.8 Å². The number of pyridine rings is 1. The smallest absolute Gasteiger partial charge is 0.326 e. The third kappa shape index (κ3) is 9.38. The molecule has 14 nitrogen and oxygen atoms in total. The quantitative estimate of drug-likeness (QED) is 0.0978. The van der Waals surface area contributed by atoms with Gasteiger partial charge in [-0.25, -0.2) is 18.0 Å². The number of benzene rings is 4. The molecule has 3 amide bonds. The van der Waals surface area contributed by atoms with Crippen LogP contribution in [0, 0.1) is 0 Å². The summed E-state index contributed by atoms with van der Waals surface area (Å²) in [5.41, 5.74) is 3.21. The number of aliphatic carboxylic acids is 1. The van der Waals surface area contributed by atoms with E-state index >= 15 is 0 Å². The number of carbonyl (C=O) groups is 3. The van der Waals surface area contributed by atoms with E-state index in [-0.39, 0.29) is 28.4 Å². The van der Waals surface area contributed by atoms with E-state index in [1.807, 2.05) is 51.1 Å². The van der Waals surface area contributed by atoms with Crippen molar-refractivity contribution in [3.8, 4) is 23.0 Å². The number of methoxy groups -OCH3 is 2. The van der Waals surface area contributed by atoms with Crippen LogP contribution in [-0.4, -0.2) is 74.4 Å². The molecule has 0 spiro atoms. The lowest BCUT2D eigenvalue weighted by molar-refractivity contribution is -0.141. The van der Waals surface area contributed by atoms with E-state index in [1.54, 1.807) is 54.7 Å². The number of urea groups is 1. The van der Waals surface area contributed by atoms with E-state index in [2.05, 4.69) is 20.3 Å². The van der Waals surface area contributed by atoms with Crippen molar-refractivity contribution in [3.63, 3.8) is 0 Å². The molecule has 57 heavy (non-hydrogen) atoms. The number of amides is 3. The van der Waals surface area contributed by atoms with Gasteiger partial charge in [0, 0.05) is 41.7 Å². The Morgan fingerprint density at radius 3 is 2.28 bits per heavy atom. The highest BCUT2D eigenvalue weighted by Crippen LogP contribution is 2.40. The van der Waals surface area contributed by atoms with Gasteiger partial charge in [-0.1, -0.05) is 51.1 Å². The van der Waals surface area contributed by atoms with Crippen molar-refractivity contribution in [2.75, 3.05) is 42.4 Å². The average Bonchev–Trinajstić information content (AvgIpc) is 3.65. The summed E-state index contributed by atoms with van der Waals surface area (Å²) in [5, 5.41) is 16.7. The Balaban J connectivity index is 1.20. The topological polar surface area (TPSA) is 185 Å². The molecule has 6 rings (SSSR count). The Hall–Kier alpha value is -6.35. The minimum Gasteiger partial charge on any atom is -0.496 e. The first kappa shape index (κ1) is 40.3. The first-order valence-corrected chi connectivity index (χ1v) is 20.1. The number of ether oxygens (including phenoxy) is 3. The second-order valence-electron chi connectivity index (χ2n) is 14.8. The van der Waals surface area contributed by atoms with Crippen LogP contribution in [0.25, 0.3) is 10.8 Å². The minimum absolute atomic E-state index is 0.161. The monoisotopic (exact) mass is 795 g/mol. The van der Waals surface area contributed by atoms with Crippen molar-refractivity contribution in [1.82, 2.24) is 9.88 Å². The molecule has 0 radical (unpaired) electrons. The maximum Gasteiger partial charge on any atom is 0.326 e. The minimum atomic E-state index is -3.65. The summed E-state index contributed by atoms with van der Waals surface area (Å²) in [4.78, 5) is 44.4. The van der Waals surface area contributed by atoms with E-state index < -0.39 is 28.1 Å². The molecule has 1 atom stereocenters. The number of rotatable bonds is 12. The van der Waals surface area contributed by atoms with Gasteiger partial charge < -0.3 is 34.9 Å². The van der Waals surface area contributed by atoms with E-state index in [9.17, 15) is 27.9 Å². The summed E-state index contributed by atoms with van der Waals surface area (Å²) in [6.07, 6.45) is 4.13. The largest absolute Gasteiger partial charge is 0.496 e. The maximum absolute atomic E-state index is 13.5. The van der Waals surface area contributed by atoms with Crippen LogP contribution in [0.3, 0.4) is 0 Å². The van der Waals surface area contributed by atoms with Crippen LogP contribution in [0.1, 0.15) is 60.8 Å². The van der Waals surface area contributed by atoms with Crippen LogP contribution in [0.4, 0.5) is 21.9 Å². The van der Waals surface area contributed by atoms with Crippen LogP contribution in [0.15, 0.2) is 85.1 Å². The van der Waals surface area contributed by atoms with Gasteiger partial charge in [0.25, 0.3) is 5.91 Å². The van der Waals surface area contributed by atoms with Crippen LogP contribution >= 0.6 is 0 Å². The number of likely N-dealkylation sites (tertiary alicyclic amines) is 1. The summed E-state index contributed by atoms with van der Waals surface area (Å²) >= 11 is 0. The second-order valence-corrected chi connectivity index (χ2v) is 16.5. The van der Waals surface area contributed by atoms with E-state index in [1.165, 1.54) is 19.1 Å². The van der Waals surface area contributed by atoms with Crippen molar-refractivity contribution in [1.29, 1.82) is 0 Å². The number of carboxylic acid groups (broad SMARTS) is 1. The molecule has 5 aromatic rings. The first-order valence-electron chi connectivity index (χ1n) is 18.2. The van der Waals surface area contributed by atoms with Gasteiger partial charge in [0.1, 0.15) is 23.3 Å². The summed E-state index contributed by atoms with van der Waals surface area (Å²) in [5.74, 6) is 0.177. The normalized spacial score (nSPS) is 14.2. The van der Waals surface area contributed by atoms with Gasteiger partial charge in [-0.2, -0.15) is 0 Å². The maximum atomic E-state index is 13.5. The number of nitrogens with one attached hydrogen (secondary N) is 3. The predicted octanol–water partition coefficient (Wildman–Crippen LogP) is 7.64. The highest BCUT2D eigenvalue weighted by Gasteiger charge is 2.35. The molecule has 1 aromatic heterocycles. The number of sulfonamides is 1. The predicted molar refractivity (Wildman–Crippen MR) is 219 cm³/mol. The summed E-state index contributed by atoms with van der Waals surface area (Å²) in [6.45, 7) is 6.30. The number of carboxylic acids is 1. The van der Waals surface area contributed by atoms with E-state index in [4.69, 9.17) is 14.2 Å². The molecule has 15 heteroatoms. The highest BCUT2D eigenvalue weighted by molar-refractivity contribution is 7.92. The summed E-state index contributed by atoms with van der Waals surface area (Å²) in [7, 11) is -0.782. The van der Waals surface area contributed by atoms with Crippen LogP contribution in [-0.2, 0) is 26.7 Å². The van der Waals surface area contributed by atoms with Gasteiger partial charge in [-0.15, -0.1) is 0 Å². The molecule has 2 heterocycles. The molecule has 4 aromatic carbocycles. The lowest BCUT2D eigenvalue weighted by atomic mass is 9.86. The molecule has 1 aliphatic rings. The fourth-order valence-electron chi connectivity index (χ4n) is 6.79. The van der Waals surface area contributed by atoms with Crippen molar-refractivity contribution >= 4 is 55.8 Å². The molecule has 1 fully saturated rings. The lowest BCUT2D eigenvalue weighted by Crippen LogP contribution is -2.40. The third-order valence-corrected chi connectivity index (χ3v) is 10.1. The molecule has 0 unspecified atom stereocenters. The summed E-state index contributed by atoms with van der Waals surface area (Å²) in [6, 6.07) is 21.7. The van der Waals surface area contributed by atoms with Gasteiger partial charge in [0.05, 0.1) is 43.1 Å². The number of hydrogen-bond acceptors (Lipinski definition) is 9. The zero-order valence-corrected chi connectivity index (χ0v) is 33.3. The molecule has 0 aliphatic carbocycles. The van der Waals surface area contributed by atoms with Gasteiger partial charge in [-0.3, -0.25) is 14.5 Å². The Morgan fingerprint density at radius 2 is 1.60 bits per heavy atom. The Kier molecular flexibility index (Phi) is 11.6. The third-order valence-electron chi connectivity index (χ3n) is 9.53. The zero-order valence-electron chi connectivity index (χ0n) is 32.5. The van der Waals surface area contributed by atoms with Crippen molar-refractivity contribution < 1.29 is 42.1 Å². The fourth-order valence-corrected chi connectivity index (χ4v) is 7.34. The average molecular weight is 796 g/mol. The molecular weight excluding hydrogens is 751 g/mol. The molecule has 1 aliphatic heterocycles. The highest BCUT2D eigenvalue weighted by atomic mass is 32.2. The van der Waals surface area contributed by atoms with Crippen molar-refractivity contribution in [2.45, 2.75) is 51.5 Å². The molecule has 298 valence electrons. The lowest BCUT2D eigenvalue weighted by Gasteiger charge is -2.24. The van der Waals surface area contributed by atoms with Crippen LogP contribution in [0.5, 0.6) is 23.0 Å². The number of anilines is 3. The van der Waals surface area contributed by atoms with Crippen LogP contribution < -0.4 is 29.6 Å². The number of aromatic nitrogens is 1. The van der Waals surface area contributed by atoms with Gasteiger partial charge in [0.15, 0.2) is 5.75 Å². The SMILES string of the molecule is COc1cc(Cc2cc(Oc3ccc(NC(=O)Nc4cc(C(C)(C)C)cc(NS(C)(=O)=O)c4OC)c4ccccc34)ccn2)ccc1C(=O)N1CCC[C@H]1C(=O)O. The Labute approximate surface area is 331 Å². The standard InChI is InChI=1S/C42H45N5O9S/c1-42(2,3)26-22-33(38(55-5)34(23-26)46-57(6,52)53)45-41(51)44-32-15-16-36(30-11-8-7-10-29(30)32)56-28-17-18-43-27(24-28)20-25-13-14-31(37(21-25)54-4)39(48)47-19-9-12-35(47)40(49)50/h7-8,10-11,13-18,21-24,35,46H,9,12,19-20H2,1-6H3,(H,49,50)(H2,44,45,51)/t35-/m0/s1. The first-order chi connectivity index (χ1) is 27.0. The zero-order chi connectivity index (χ0) is 41.1. The van der Waals surface area contributed by atoms with Gasteiger partial charge in [0.2, 0.25) is 10.0 Å². The molecular formula is C42H45N5O9S. The number of nitrogens with zero attached hydrogens (tertiary/aromatic N) is 2. The number of fused-ring (bicyclic) bond motifs is 1. The van der Waals surface area contributed by atoms with Gasteiger partial charge >= 0.3 is 12.0 Å². The van der Waals surface area contributed by atoms with E-state index in [0.717, 1.165) is 22.8 Å². The Morgan fingerprint density at radius 1 is 0.877 bits per heavy atom. The van der Waals surface area contributed by atoms with Crippen molar-refractivity contribution in [2.24, 2.45) is 0 Å². The van der Waals surface area contributed by atoms with Crippen LogP contribution in [0.2, 0.25) is 0 Å². The molecule has 0 saturated carbocycles. The summed E-state index contributed by atoms with van der Waals surface area (Å²) < 4.78 is 44.3. The fraction of sp³-hybridized carbons (Fsp3) is 0.286. The molecule has 4 N–H and O–H groups in total. The number of carbonyl (C=O) groups excluding carboxylic acids is 2.